The molecule has 0 saturated carbocycles. The van der Waals surface area contributed by atoms with Crippen molar-refractivity contribution in [3.05, 3.63) is 83.9 Å². The summed E-state index contributed by atoms with van der Waals surface area (Å²) in [5.41, 5.74) is 10.5. The summed E-state index contributed by atoms with van der Waals surface area (Å²) in [4.78, 5) is 8.58. The maximum absolute atomic E-state index is 8.99. The van der Waals surface area contributed by atoms with Crippen molar-refractivity contribution in [3.8, 4) is 23.0 Å². The number of hydrogen-bond acceptors (Lipinski definition) is 7. The lowest BCUT2D eigenvalue weighted by Gasteiger charge is -2.12. The van der Waals surface area contributed by atoms with Gasteiger partial charge in [-0.1, -0.05) is 30.3 Å². The van der Waals surface area contributed by atoms with Gasteiger partial charge in [0.1, 0.15) is 23.0 Å². The monoisotopic (exact) mass is 425 g/mol. The van der Waals surface area contributed by atoms with Crippen LogP contribution in [0.15, 0.2) is 72.8 Å². The van der Waals surface area contributed by atoms with Gasteiger partial charge in [-0.05, 0) is 61.4 Å². The SMILES string of the molecule is CC(NO)c1ccc(Oc2cccc(Oc3ccc(C(C)NO)cc3)c2)cc1.NC=O. The lowest BCUT2D eigenvalue weighted by atomic mass is 10.1. The number of nitrogens with two attached hydrogens (primary N) is 1. The number of ether oxygens (including phenoxy) is 2. The number of primary amides is 1. The van der Waals surface area contributed by atoms with Crippen LogP contribution in [0.3, 0.4) is 0 Å². The number of rotatable bonds is 8. The third-order valence-corrected chi connectivity index (χ3v) is 4.42. The van der Waals surface area contributed by atoms with Crippen LogP contribution in [0.25, 0.3) is 0 Å². The molecule has 164 valence electrons. The van der Waals surface area contributed by atoms with Gasteiger partial charge in [0.25, 0.3) is 0 Å². The number of benzene rings is 3. The van der Waals surface area contributed by atoms with Crippen LogP contribution in [0, 0.1) is 0 Å². The van der Waals surface area contributed by atoms with Gasteiger partial charge in [0, 0.05) is 6.07 Å². The largest absolute Gasteiger partial charge is 0.457 e. The second-order valence-electron chi connectivity index (χ2n) is 6.65. The highest BCUT2D eigenvalue weighted by Gasteiger charge is 2.06. The van der Waals surface area contributed by atoms with Crippen molar-refractivity contribution in [2.75, 3.05) is 0 Å². The van der Waals surface area contributed by atoms with Crippen LogP contribution >= 0.6 is 0 Å². The van der Waals surface area contributed by atoms with Gasteiger partial charge in [-0.25, -0.2) is 0 Å². The predicted octanol–water partition coefficient (Wildman–Crippen LogP) is 4.45. The molecule has 0 aliphatic heterocycles. The summed E-state index contributed by atoms with van der Waals surface area (Å²) in [5, 5.41) is 18.0. The molecule has 0 radical (unpaired) electrons. The van der Waals surface area contributed by atoms with Crippen molar-refractivity contribution >= 4 is 6.41 Å². The van der Waals surface area contributed by atoms with Crippen molar-refractivity contribution < 1.29 is 24.7 Å². The molecule has 0 bridgehead atoms. The van der Waals surface area contributed by atoms with E-state index in [-0.39, 0.29) is 18.5 Å². The molecule has 0 saturated heterocycles. The second-order valence-corrected chi connectivity index (χ2v) is 6.65. The van der Waals surface area contributed by atoms with Crippen LogP contribution in [0.5, 0.6) is 23.0 Å². The molecule has 1 amide bonds. The zero-order valence-electron chi connectivity index (χ0n) is 17.4. The third kappa shape index (κ3) is 7.40. The first-order valence-electron chi connectivity index (χ1n) is 9.61. The molecule has 0 aromatic heterocycles. The lowest BCUT2D eigenvalue weighted by Crippen LogP contribution is -2.12. The number of amides is 1. The maximum atomic E-state index is 8.99. The van der Waals surface area contributed by atoms with Gasteiger partial charge in [0.05, 0.1) is 12.1 Å². The van der Waals surface area contributed by atoms with Crippen LogP contribution in [-0.4, -0.2) is 16.8 Å². The van der Waals surface area contributed by atoms with E-state index in [0.29, 0.717) is 23.0 Å². The lowest BCUT2D eigenvalue weighted by molar-refractivity contribution is -0.106. The first kappa shape index (κ1) is 23.8. The van der Waals surface area contributed by atoms with E-state index >= 15 is 0 Å². The van der Waals surface area contributed by atoms with E-state index in [0.717, 1.165) is 11.1 Å². The highest BCUT2D eigenvalue weighted by molar-refractivity contribution is 5.42. The highest BCUT2D eigenvalue weighted by atomic mass is 16.5. The zero-order valence-corrected chi connectivity index (χ0v) is 17.4. The smallest absolute Gasteiger partial charge is 0.204 e. The Kier molecular flexibility index (Phi) is 9.47. The van der Waals surface area contributed by atoms with Gasteiger partial charge in [-0.2, -0.15) is 11.0 Å². The number of hydrogen-bond donors (Lipinski definition) is 5. The minimum absolute atomic E-state index is 0.145. The Morgan fingerprint density at radius 2 is 1.10 bits per heavy atom. The standard InChI is InChI=1S/C22H24N2O4.CH3NO/c1-15(23-25)17-6-10-19(11-7-17)27-21-4-3-5-22(14-21)28-20-12-8-18(9-13-20)16(2)24-26;2-1-3/h3-16,23-26H,1-2H3;1H,(H2,2,3). The quantitative estimate of drug-likeness (QED) is 0.266. The number of hydroxylamine groups is 2. The van der Waals surface area contributed by atoms with E-state index in [2.05, 4.69) is 16.7 Å². The van der Waals surface area contributed by atoms with Crippen LogP contribution in [0.1, 0.15) is 37.1 Å². The van der Waals surface area contributed by atoms with Crippen molar-refractivity contribution in [2.24, 2.45) is 5.73 Å². The van der Waals surface area contributed by atoms with Gasteiger partial charge in [-0.15, -0.1) is 0 Å². The first-order valence-corrected chi connectivity index (χ1v) is 9.61. The van der Waals surface area contributed by atoms with Crippen molar-refractivity contribution in [3.63, 3.8) is 0 Å². The number of carbonyl (C=O) groups excluding carboxylic acids is 1. The molecule has 8 heteroatoms. The van der Waals surface area contributed by atoms with Crippen LogP contribution in [-0.2, 0) is 4.79 Å². The molecule has 31 heavy (non-hydrogen) atoms. The summed E-state index contributed by atoms with van der Waals surface area (Å²) in [6.07, 6.45) is 0.250. The third-order valence-electron chi connectivity index (χ3n) is 4.42. The van der Waals surface area contributed by atoms with E-state index in [4.69, 9.17) is 24.7 Å². The van der Waals surface area contributed by atoms with E-state index in [9.17, 15) is 0 Å². The second kappa shape index (κ2) is 12.3. The van der Waals surface area contributed by atoms with Gasteiger partial charge < -0.3 is 25.6 Å². The van der Waals surface area contributed by atoms with Gasteiger partial charge in [0.2, 0.25) is 6.41 Å². The Hall–Kier alpha value is -3.43. The molecule has 0 fully saturated rings. The van der Waals surface area contributed by atoms with Crippen LogP contribution in [0.2, 0.25) is 0 Å². The molecule has 3 aromatic rings. The molecule has 0 aliphatic carbocycles. The van der Waals surface area contributed by atoms with Gasteiger partial charge in [-0.3, -0.25) is 4.79 Å². The minimum atomic E-state index is -0.145. The van der Waals surface area contributed by atoms with E-state index in [1.54, 1.807) is 0 Å². The molecular weight excluding hydrogens is 398 g/mol. The van der Waals surface area contributed by atoms with Gasteiger partial charge >= 0.3 is 0 Å². The van der Waals surface area contributed by atoms with E-state index < -0.39 is 0 Å². The van der Waals surface area contributed by atoms with Crippen molar-refractivity contribution in [1.82, 2.24) is 11.0 Å². The summed E-state index contributed by atoms with van der Waals surface area (Å²) in [6.45, 7) is 3.73. The molecule has 2 atom stereocenters. The fraction of sp³-hybridized carbons (Fsp3) is 0.174. The fourth-order valence-corrected chi connectivity index (χ4v) is 2.67. The molecular formula is C23H27N3O5. The van der Waals surface area contributed by atoms with Gasteiger partial charge in [0.15, 0.2) is 0 Å². The molecule has 3 rings (SSSR count). The van der Waals surface area contributed by atoms with Crippen LogP contribution < -0.4 is 26.2 Å². The zero-order chi connectivity index (χ0) is 22.6. The summed E-state index contributed by atoms with van der Waals surface area (Å²) in [5.74, 6) is 2.71. The molecule has 8 nitrogen and oxygen atoms in total. The van der Waals surface area contributed by atoms with Crippen LogP contribution in [0.4, 0.5) is 0 Å². The Balaban J connectivity index is 0.00000107. The molecule has 3 aromatic carbocycles. The maximum Gasteiger partial charge on any atom is 0.204 e. The Morgan fingerprint density at radius 3 is 1.42 bits per heavy atom. The Morgan fingerprint density at radius 1 is 0.742 bits per heavy atom. The molecule has 6 N–H and O–H groups in total. The highest BCUT2D eigenvalue weighted by Crippen LogP contribution is 2.29. The topological polar surface area (TPSA) is 126 Å². The normalized spacial score (nSPS) is 12.1. The minimum Gasteiger partial charge on any atom is -0.457 e. The summed E-state index contributed by atoms with van der Waals surface area (Å²) >= 11 is 0. The molecule has 0 spiro atoms. The number of carbonyl (C=O) groups is 1. The van der Waals surface area contributed by atoms with E-state index in [1.165, 1.54) is 0 Å². The predicted molar refractivity (Wildman–Crippen MR) is 116 cm³/mol. The Bertz CT molecular complexity index is 862. The summed E-state index contributed by atoms with van der Waals surface area (Å²) in [7, 11) is 0. The summed E-state index contributed by atoms with van der Waals surface area (Å²) < 4.78 is 11.8. The summed E-state index contributed by atoms with van der Waals surface area (Å²) in [6, 6.07) is 22.1. The molecule has 0 aliphatic rings. The Labute approximate surface area is 181 Å². The van der Waals surface area contributed by atoms with E-state index in [1.807, 2.05) is 86.6 Å². The molecule has 0 heterocycles. The number of nitrogens with one attached hydrogen (secondary N) is 2. The fourth-order valence-electron chi connectivity index (χ4n) is 2.67. The molecule has 2 unspecified atom stereocenters. The average molecular weight is 425 g/mol. The first-order chi connectivity index (χ1) is 15.0. The van der Waals surface area contributed by atoms with Crippen molar-refractivity contribution in [1.29, 1.82) is 0 Å². The van der Waals surface area contributed by atoms with Crippen molar-refractivity contribution in [2.45, 2.75) is 25.9 Å². The average Bonchev–Trinajstić information content (AvgIpc) is 2.80.